The van der Waals surface area contributed by atoms with E-state index < -0.39 is 0 Å². The molecule has 0 unspecified atom stereocenters. The number of carbonyl (C=O) groups excluding carboxylic acids is 1. The average Bonchev–Trinajstić information content (AvgIpc) is 2.32. The second-order valence-corrected chi connectivity index (χ2v) is 3.75. The Hall–Kier alpha value is -1.75. The van der Waals surface area contributed by atoms with E-state index >= 15 is 0 Å². The van der Waals surface area contributed by atoms with Gasteiger partial charge in [-0.05, 0) is 18.6 Å². The first-order chi connectivity index (χ1) is 8.07. The standard InChI is InChI=1S/C12H17NO4/c1-13(7-4-8-17-2)12(16)9-5-3-6-10(14)11(9)15/h3,5-6,14-15H,4,7-8H2,1-2H3. The molecule has 0 bridgehead atoms. The highest BCUT2D eigenvalue weighted by Gasteiger charge is 2.17. The number of benzene rings is 1. The van der Waals surface area contributed by atoms with Gasteiger partial charge in [0.1, 0.15) is 0 Å². The summed E-state index contributed by atoms with van der Waals surface area (Å²) >= 11 is 0. The molecule has 5 nitrogen and oxygen atoms in total. The number of methoxy groups -OCH3 is 1. The maximum absolute atomic E-state index is 11.9. The van der Waals surface area contributed by atoms with Crippen LogP contribution >= 0.6 is 0 Å². The number of hydrogen-bond acceptors (Lipinski definition) is 4. The maximum atomic E-state index is 11.9. The predicted octanol–water partition coefficient (Wildman–Crippen LogP) is 1.21. The van der Waals surface area contributed by atoms with Gasteiger partial charge in [-0.3, -0.25) is 4.79 Å². The van der Waals surface area contributed by atoms with Gasteiger partial charge in [-0.15, -0.1) is 0 Å². The number of para-hydroxylation sites is 1. The smallest absolute Gasteiger partial charge is 0.257 e. The van der Waals surface area contributed by atoms with Gasteiger partial charge >= 0.3 is 0 Å². The van der Waals surface area contributed by atoms with Gasteiger partial charge in [0.15, 0.2) is 11.5 Å². The molecule has 0 atom stereocenters. The first-order valence-corrected chi connectivity index (χ1v) is 5.33. The van der Waals surface area contributed by atoms with Crippen LogP contribution in [0.1, 0.15) is 16.8 Å². The molecule has 1 aromatic rings. The van der Waals surface area contributed by atoms with Crippen LogP contribution in [0.4, 0.5) is 0 Å². The van der Waals surface area contributed by atoms with Crippen LogP contribution in [0.25, 0.3) is 0 Å². The van der Waals surface area contributed by atoms with Crippen molar-refractivity contribution in [2.24, 2.45) is 0 Å². The third kappa shape index (κ3) is 3.35. The van der Waals surface area contributed by atoms with Crippen molar-refractivity contribution in [1.82, 2.24) is 4.90 Å². The molecular formula is C12H17NO4. The van der Waals surface area contributed by atoms with E-state index in [1.54, 1.807) is 14.2 Å². The van der Waals surface area contributed by atoms with Crippen molar-refractivity contribution in [1.29, 1.82) is 0 Å². The number of hydrogen-bond donors (Lipinski definition) is 2. The first-order valence-electron chi connectivity index (χ1n) is 5.33. The zero-order chi connectivity index (χ0) is 12.8. The lowest BCUT2D eigenvalue weighted by Crippen LogP contribution is -2.28. The van der Waals surface area contributed by atoms with E-state index in [0.717, 1.165) is 6.42 Å². The number of ether oxygens (including phenoxy) is 1. The summed E-state index contributed by atoms with van der Waals surface area (Å²) < 4.78 is 4.89. The number of amides is 1. The van der Waals surface area contributed by atoms with Crippen LogP contribution in [0.2, 0.25) is 0 Å². The zero-order valence-electron chi connectivity index (χ0n) is 10.0. The van der Waals surface area contributed by atoms with Crippen molar-refractivity contribution < 1.29 is 19.7 Å². The number of phenolic OH excluding ortho intramolecular Hbond substituents is 2. The highest BCUT2D eigenvalue weighted by molar-refractivity contribution is 5.97. The minimum absolute atomic E-state index is 0.102. The normalized spacial score (nSPS) is 10.2. The Bertz CT molecular complexity index is 392. The highest BCUT2D eigenvalue weighted by Crippen LogP contribution is 2.28. The molecule has 0 radical (unpaired) electrons. The molecule has 5 heteroatoms. The minimum Gasteiger partial charge on any atom is -0.504 e. The largest absolute Gasteiger partial charge is 0.504 e. The van der Waals surface area contributed by atoms with Crippen LogP contribution in [-0.4, -0.2) is 48.3 Å². The van der Waals surface area contributed by atoms with Crippen LogP contribution < -0.4 is 0 Å². The van der Waals surface area contributed by atoms with E-state index in [4.69, 9.17) is 4.74 Å². The van der Waals surface area contributed by atoms with Crippen molar-refractivity contribution in [2.75, 3.05) is 27.3 Å². The molecule has 0 aliphatic rings. The summed E-state index contributed by atoms with van der Waals surface area (Å²) in [5.41, 5.74) is 0.102. The van der Waals surface area contributed by atoms with Gasteiger partial charge in [0, 0.05) is 27.3 Å². The molecule has 0 aliphatic carbocycles. The lowest BCUT2D eigenvalue weighted by molar-refractivity contribution is 0.0775. The van der Waals surface area contributed by atoms with Gasteiger partial charge < -0.3 is 19.8 Å². The van der Waals surface area contributed by atoms with Crippen molar-refractivity contribution in [3.63, 3.8) is 0 Å². The Morgan fingerprint density at radius 3 is 2.76 bits per heavy atom. The summed E-state index contributed by atoms with van der Waals surface area (Å²) in [6.07, 6.45) is 0.721. The van der Waals surface area contributed by atoms with E-state index in [2.05, 4.69) is 0 Å². The molecule has 1 amide bonds. The third-order valence-electron chi connectivity index (χ3n) is 2.43. The molecule has 17 heavy (non-hydrogen) atoms. The number of rotatable bonds is 5. The zero-order valence-corrected chi connectivity index (χ0v) is 10.0. The average molecular weight is 239 g/mol. The van der Waals surface area contributed by atoms with E-state index in [0.29, 0.717) is 13.2 Å². The highest BCUT2D eigenvalue weighted by atomic mass is 16.5. The Morgan fingerprint density at radius 2 is 2.12 bits per heavy atom. The Balaban J connectivity index is 2.71. The lowest BCUT2D eigenvalue weighted by Gasteiger charge is -2.17. The predicted molar refractivity (Wildman–Crippen MR) is 63.2 cm³/mol. The summed E-state index contributed by atoms with van der Waals surface area (Å²) in [5.74, 6) is -0.994. The van der Waals surface area contributed by atoms with Crippen molar-refractivity contribution in [3.8, 4) is 11.5 Å². The molecule has 0 fully saturated rings. The summed E-state index contributed by atoms with van der Waals surface area (Å²) in [5, 5.41) is 18.9. The summed E-state index contributed by atoms with van der Waals surface area (Å²) in [6, 6.07) is 4.33. The molecule has 94 valence electrons. The molecule has 0 heterocycles. The molecule has 0 aliphatic heterocycles. The SMILES string of the molecule is COCCCN(C)C(=O)c1cccc(O)c1O. The minimum atomic E-state index is -0.379. The molecule has 2 N–H and O–H groups in total. The number of nitrogens with zero attached hydrogens (tertiary/aromatic N) is 1. The third-order valence-corrected chi connectivity index (χ3v) is 2.43. The van der Waals surface area contributed by atoms with E-state index in [-0.39, 0.29) is 23.0 Å². The van der Waals surface area contributed by atoms with Gasteiger partial charge in [-0.1, -0.05) is 6.07 Å². The maximum Gasteiger partial charge on any atom is 0.257 e. The first kappa shape index (κ1) is 13.3. The van der Waals surface area contributed by atoms with Gasteiger partial charge in [0.05, 0.1) is 5.56 Å². The number of aromatic hydroxyl groups is 2. The van der Waals surface area contributed by atoms with E-state index in [9.17, 15) is 15.0 Å². The fraction of sp³-hybridized carbons (Fsp3) is 0.417. The molecule has 0 aromatic heterocycles. The number of phenols is 2. The van der Waals surface area contributed by atoms with Crippen LogP contribution in [0, 0.1) is 0 Å². The topological polar surface area (TPSA) is 70.0 Å². The van der Waals surface area contributed by atoms with Crippen LogP contribution in [0.3, 0.4) is 0 Å². The van der Waals surface area contributed by atoms with Gasteiger partial charge in [0.25, 0.3) is 5.91 Å². The van der Waals surface area contributed by atoms with Gasteiger partial charge in [-0.25, -0.2) is 0 Å². The molecule has 1 rings (SSSR count). The summed E-state index contributed by atoms with van der Waals surface area (Å²) in [4.78, 5) is 13.4. The Kier molecular flexibility index (Phi) is 4.78. The Labute approximate surface area is 100 Å². The summed E-state index contributed by atoms with van der Waals surface area (Å²) in [6.45, 7) is 1.10. The van der Waals surface area contributed by atoms with Crippen molar-refractivity contribution in [3.05, 3.63) is 23.8 Å². The monoisotopic (exact) mass is 239 g/mol. The molecule has 1 aromatic carbocycles. The lowest BCUT2D eigenvalue weighted by atomic mass is 10.1. The van der Waals surface area contributed by atoms with Crippen molar-refractivity contribution >= 4 is 5.91 Å². The van der Waals surface area contributed by atoms with Crippen LogP contribution in [0.15, 0.2) is 18.2 Å². The molecule has 0 spiro atoms. The number of carbonyl (C=O) groups is 1. The van der Waals surface area contributed by atoms with E-state index in [1.807, 2.05) is 0 Å². The van der Waals surface area contributed by atoms with E-state index in [1.165, 1.54) is 23.1 Å². The van der Waals surface area contributed by atoms with Crippen LogP contribution in [0.5, 0.6) is 11.5 Å². The second-order valence-electron chi connectivity index (χ2n) is 3.75. The van der Waals surface area contributed by atoms with Gasteiger partial charge in [-0.2, -0.15) is 0 Å². The summed E-state index contributed by atoms with van der Waals surface area (Å²) in [7, 11) is 3.24. The second kappa shape index (κ2) is 6.10. The Morgan fingerprint density at radius 1 is 1.41 bits per heavy atom. The van der Waals surface area contributed by atoms with Crippen LogP contribution in [-0.2, 0) is 4.74 Å². The van der Waals surface area contributed by atoms with Gasteiger partial charge in [0.2, 0.25) is 0 Å². The quantitative estimate of drug-likeness (QED) is 0.598. The fourth-order valence-corrected chi connectivity index (χ4v) is 1.46. The molecule has 0 saturated carbocycles. The molecular weight excluding hydrogens is 222 g/mol. The molecule has 0 saturated heterocycles. The fourth-order valence-electron chi connectivity index (χ4n) is 1.46. The van der Waals surface area contributed by atoms with Crippen molar-refractivity contribution in [2.45, 2.75) is 6.42 Å².